The molecule has 0 aromatic carbocycles. The van der Waals surface area contributed by atoms with Gasteiger partial charge in [-0.05, 0) is 32.2 Å². The predicted octanol–water partition coefficient (Wildman–Crippen LogP) is 2.11. The fourth-order valence-electron chi connectivity index (χ4n) is 2.79. The van der Waals surface area contributed by atoms with Crippen molar-refractivity contribution in [1.29, 1.82) is 5.26 Å². The van der Waals surface area contributed by atoms with Gasteiger partial charge >= 0.3 is 0 Å². The summed E-state index contributed by atoms with van der Waals surface area (Å²) in [5.74, 6) is 0.752. The normalized spacial score (nSPS) is 25.0. The molecular weight excluding hydrogens is 224 g/mol. The van der Waals surface area contributed by atoms with Gasteiger partial charge in [-0.1, -0.05) is 6.92 Å². The number of likely N-dealkylation sites (tertiary alicyclic amines) is 1. The standard InChI is InChI=1S/C14H22N4/c1-11-5-4-8-18(12(11)2)10-14-13(6-7-15)9-17(3)16-14/h9,11-12H,4-6,8,10H2,1-3H3. The number of hydrogen-bond donors (Lipinski definition) is 0. The van der Waals surface area contributed by atoms with E-state index in [2.05, 4.69) is 29.9 Å². The molecule has 0 N–H and O–H groups in total. The van der Waals surface area contributed by atoms with Crippen molar-refractivity contribution >= 4 is 0 Å². The number of aromatic nitrogens is 2. The van der Waals surface area contributed by atoms with E-state index in [1.165, 1.54) is 12.8 Å². The van der Waals surface area contributed by atoms with E-state index in [0.29, 0.717) is 12.5 Å². The molecule has 1 aromatic heterocycles. The van der Waals surface area contributed by atoms with Crippen molar-refractivity contribution in [1.82, 2.24) is 14.7 Å². The van der Waals surface area contributed by atoms with Crippen LogP contribution in [-0.4, -0.2) is 27.3 Å². The van der Waals surface area contributed by atoms with Gasteiger partial charge in [0.25, 0.3) is 0 Å². The van der Waals surface area contributed by atoms with Gasteiger partial charge in [0, 0.05) is 31.4 Å². The molecule has 0 aliphatic carbocycles. The molecule has 1 saturated heterocycles. The number of rotatable bonds is 3. The number of nitriles is 1. The summed E-state index contributed by atoms with van der Waals surface area (Å²) < 4.78 is 1.82. The van der Waals surface area contributed by atoms with E-state index in [1.807, 2.05) is 17.9 Å². The van der Waals surface area contributed by atoms with Crippen molar-refractivity contribution in [2.75, 3.05) is 6.54 Å². The maximum absolute atomic E-state index is 8.85. The van der Waals surface area contributed by atoms with Crippen molar-refractivity contribution < 1.29 is 0 Å². The van der Waals surface area contributed by atoms with E-state index < -0.39 is 0 Å². The highest BCUT2D eigenvalue weighted by Gasteiger charge is 2.25. The van der Waals surface area contributed by atoms with Gasteiger partial charge in [0.1, 0.15) is 0 Å². The lowest BCUT2D eigenvalue weighted by atomic mass is 9.92. The molecule has 18 heavy (non-hydrogen) atoms. The average Bonchev–Trinajstić information content (AvgIpc) is 2.66. The third-order valence-corrected chi connectivity index (χ3v) is 4.12. The highest BCUT2D eigenvalue weighted by molar-refractivity contribution is 5.20. The number of hydrogen-bond acceptors (Lipinski definition) is 3. The lowest BCUT2D eigenvalue weighted by Crippen LogP contribution is -2.41. The maximum atomic E-state index is 8.85. The first kappa shape index (κ1) is 13.1. The van der Waals surface area contributed by atoms with Gasteiger partial charge < -0.3 is 0 Å². The SMILES string of the molecule is CC1CCCN(Cc2nn(C)cc2CC#N)C1C. The smallest absolute Gasteiger partial charge is 0.0807 e. The first-order valence-corrected chi connectivity index (χ1v) is 6.74. The minimum Gasteiger partial charge on any atom is -0.294 e. The highest BCUT2D eigenvalue weighted by atomic mass is 15.3. The fraction of sp³-hybridized carbons (Fsp3) is 0.714. The number of piperidine rings is 1. The highest BCUT2D eigenvalue weighted by Crippen LogP contribution is 2.24. The molecule has 4 nitrogen and oxygen atoms in total. The second-order valence-electron chi connectivity index (χ2n) is 5.44. The molecule has 0 radical (unpaired) electrons. The Labute approximate surface area is 109 Å². The van der Waals surface area contributed by atoms with Gasteiger partial charge in [-0.15, -0.1) is 0 Å². The van der Waals surface area contributed by atoms with Crippen LogP contribution in [0.15, 0.2) is 6.20 Å². The Balaban J connectivity index is 2.11. The Morgan fingerprint density at radius 2 is 2.28 bits per heavy atom. The maximum Gasteiger partial charge on any atom is 0.0807 e. The van der Waals surface area contributed by atoms with Crippen molar-refractivity contribution in [3.63, 3.8) is 0 Å². The van der Waals surface area contributed by atoms with Crippen LogP contribution in [0, 0.1) is 17.2 Å². The fourth-order valence-corrected chi connectivity index (χ4v) is 2.79. The average molecular weight is 246 g/mol. The van der Waals surface area contributed by atoms with Gasteiger partial charge in [-0.25, -0.2) is 0 Å². The van der Waals surface area contributed by atoms with Crippen LogP contribution in [0.25, 0.3) is 0 Å². The largest absolute Gasteiger partial charge is 0.294 e. The van der Waals surface area contributed by atoms with E-state index in [9.17, 15) is 0 Å². The summed E-state index contributed by atoms with van der Waals surface area (Å²) >= 11 is 0. The Bertz CT molecular complexity index is 443. The third-order valence-electron chi connectivity index (χ3n) is 4.12. The molecule has 4 heteroatoms. The Morgan fingerprint density at radius 3 is 3.00 bits per heavy atom. The van der Waals surface area contributed by atoms with Crippen LogP contribution in [-0.2, 0) is 20.0 Å². The lowest BCUT2D eigenvalue weighted by Gasteiger charge is -2.37. The zero-order chi connectivity index (χ0) is 13.1. The molecule has 1 aromatic rings. The Hall–Kier alpha value is -1.34. The Kier molecular flexibility index (Phi) is 4.03. The summed E-state index contributed by atoms with van der Waals surface area (Å²) in [6, 6.07) is 2.83. The van der Waals surface area contributed by atoms with Gasteiger partial charge in [-0.3, -0.25) is 9.58 Å². The molecule has 0 saturated carbocycles. The molecule has 0 spiro atoms. The van der Waals surface area contributed by atoms with E-state index in [4.69, 9.17) is 5.26 Å². The molecule has 0 amide bonds. The van der Waals surface area contributed by atoms with Crippen molar-refractivity contribution in [3.8, 4) is 6.07 Å². The minimum atomic E-state index is 0.459. The molecule has 2 unspecified atom stereocenters. The zero-order valence-corrected chi connectivity index (χ0v) is 11.6. The third kappa shape index (κ3) is 2.73. The van der Waals surface area contributed by atoms with Crippen LogP contribution in [0.1, 0.15) is 37.9 Å². The summed E-state index contributed by atoms with van der Waals surface area (Å²) in [6.07, 6.45) is 5.02. The topological polar surface area (TPSA) is 44.9 Å². The number of nitrogens with zero attached hydrogens (tertiary/aromatic N) is 4. The predicted molar refractivity (Wildman–Crippen MR) is 70.8 cm³/mol. The van der Waals surface area contributed by atoms with Gasteiger partial charge in [0.2, 0.25) is 0 Å². The van der Waals surface area contributed by atoms with Crippen LogP contribution in [0.2, 0.25) is 0 Å². The second kappa shape index (κ2) is 5.53. The summed E-state index contributed by atoms with van der Waals surface area (Å²) in [5, 5.41) is 13.4. The van der Waals surface area contributed by atoms with Crippen LogP contribution in [0.4, 0.5) is 0 Å². The molecule has 0 bridgehead atoms. The molecule has 1 aliphatic heterocycles. The molecule has 2 rings (SSSR count). The van der Waals surface area contributed by atoms with E-state index in [1.54, 1.807) is 0 Å². The monoisotopic (exact) mass is 246 g/mol. The molecule has 1 fully saturated rings. The van der Waals surface area contributed by atoms with E-state index in [0.717, 1.165) is 30.3 Å². The van der Waals surface area contributed by atoms with Gasteiger partial charge in [0.05, 0.1) is 18.2 Å². The first-order chi connectivity index (χ1) is 8.61. The second-order valence-corrected chi connectivity index (χ2v) is 5.44. The molecule has 2 atom stereocenters. The van der Waals surface area contributed by atoms with Crippen molar-refractivity contribution in [2.24, 2.45) is 13.0 Å². The van der Waals surface area contributed by atoms with Crippen LogP contribution in [0.5, 0.6) is 0 Å². The lowest BCUT2D eigenvalue weighted by molar-refractivity contribution is 0.105. The first-order valence-electron chi connectivity index (χ1n) is 6.74. The quantitative estimate of drug-likeness (QED) is 0.820. The summed E-state index contributed by atoms with van der Waals surface area (Å²) in [4.78, 5) is 2.50. The van der Waals surface area contributed by atoms with Gasteiger partial charge in [0.15, 0.2) is 0 Å². The van der Waals surface area contributed by atoms with E-state index in [-0.39, 0.29) is 0 Å². The van der Waals surface area contributed by atoms with Crippen LogP contribution < -0.4 is 0 Å². The Morgan fingerprint density at radius 1 is 1.50 bits per heavy atom. The van der Waals surface area contributed by atoms with Gasteiger partial charge in [-0.2, -0.15) is 10.4 Å². The van der Waals surface area contributed by atoms with Crippen LogP contribution >= 0.6 is 0 Å². The number of aryl methyl sites for hydroxylation is 1. The molecule has 2 heterocycles. The zero-order valence-electron chi connectivity index (χ0n) is 11.6. The molecular formula is C14H22N4. The van der Waals surface area contributed by atoms with Crippen LogP contribution in [0.3, 0.4) is 0 Å². The van der Waals surface area contributed by atoms with Crippen molar-refractivity contribution in [2.45, 2.75) is 45.7 Å². The summed E-state index contributed by atoms with van der Waals surface area (Å²) in [7, 11) is 1.92. The summed E-state index contributed by atoms with van der Waals surface area (Å²) in [5.41, 5.74) is 2.14. The molecule has 1 aliphatic rings. The minimum absolute atomic E-state index is 0.459. The van der Waals surface area contributed by atoms with E-state index >= 15 is 0 Å². The summed E-state index contributed by atoms with van der Waals surface area (Å²) in [6.45, 7) is 6.65. The van der Waals surface area contributed by atoms with Crippen molar-refractivity contribution in [3.05, 3.63) is 17.5 Å². The molecule has 98 valence electrons.